The second-order valence-electron chi connectivity index (χ2n) is 10.6. The monoisotopic (exact) mass is 540 g/mol. The van der Waals surface area contributed by atoms with Crippen molar-refractivity contribution in [2.24, 2.45) is 5.92 Å². The van der Waals surface area contributed by atoms with Gasteiger partial charge in [0.15, 0.2) is 17.9 Å². The van der Waals surface area contributed by atoms with Crippen LogP contribution in [0.1, 0.15) is 33.3 Å². The van der Waals surface area contributed by atoms with E-state index < -0.39 is 46.2 Å². The number of hydrogen-bond donors (Lipinski definition) is 1. The van der Waals surface area contributed by atoms with Crippen LogP contribution in [0.2, 0.25) is 18.1 Å². The Hall–Kier alpha value is -1.89. The normalized spacial score (nSPS) is 29.3. The lowest BCUT2D eigenvalue weighted by atomic mass is 9.79. The maximum absolute atomic E-state index is 13.6. The molecule has 0 spiro atoms. The first-order valence-electron chi connectivity index (χ1n) is 11.3. The summed E-state index contributed by atoms with van der Waals surface area (Å²) < 4.78 is 5.02. The average molecular weight is 541 g/mol. The van der Waals surface area contributed by atoms with Gasteiger partial charge in [0.1, 0.15) is 6.29 Å². The van der Waals surface area contributed by atoms with Gasteiger partial charge in [-0.05, 0) is 36.9 Å². The van der Waals surface area contributed by atoms with E-state index in [0.29, 0.717) is 11.8 Å². The molecular formula is C23H32N2O7S2Si. The first-order valence-corrected chi connectivity index (χ1v) is 16.3. The van der Waals surface area contributed by atoms with Crippen molar-refractivity contribution in [2.45, 2.75) is 73.3 Å². The number of thioether (sulfide) groups is 2. The van der Waals surface area contributed by atoms with Crippen LogP contribution in [-0.2, 0) is 25.2 Å². The first kappa shape index (κ1) is 27.7. The molecule has 9 nitrogen and oxygen atoms in total. The number of fused-ring (bicyclic) bond motifs is 1. The number of nitro groups is 1. The number of carbonyl (C=O) groups excluding carboxylic acids is 2. The predicted octanol–water partition coefficient (Wildman–Crippen LogP) is 4.16. The van der Waals surface area contributed by atoms with Crippen LogP contribution in [0.5, 0.6) is 0 Å². The standard InChI is InChI=1S/C23H32N2O7S2Si/c1-14(32-35(6,7)21(2,3)4)17-18(27)24-19(17)34-23(13-26,33-5)22(24,20(28)29)12-15-8-10-16(11-9-15)25(30)31/h8-11,13-14,17,19H,12H2,1-7H3,(H,28,29)/t14-,17+,19-,22?,23?/m1/s1. The van der Waals surface area contributed by atoms with Gasteiger partial charge < -0.3 is 19.2 Å². The van der Waals surface area contributed by atoms with E-state index in [1.807, 2.05) is 6.92 Å². The molecule has 5 atom stereocenters. The van der Waals surface area contributed by atoms with E-state index in [-0.39, 0.29) is 23.1 Å². The highest BCUT2D eigenvalue weighted by atomic mass is 32.2. The van der Waals surface area contributed by atoms with Crippen molar-refractivity contribution in [3.05, 3.63) is 39.9 Å². The Morgan fingerprint density at radius 2 is 1.94 bits per heavy atom. The van der Waals surface area contributed by atoms with Crippen LogP contribution < -0.4 is 0 Å². The number of hydrogen-bond acceptors (Lipinski definition) is 8. The molecule has 0 aliphatic carbocycles. The molecule has 2 aliphatic heterocycles. The van der Waals surface area contributed by atoms with Crippen molar-refractivity contribution >= 4 is 55.7 Å². The zero-order chi connectivity index (χ0) is 26.6. The summed E-state index contributed by atoms with van der Waals surface area (Å²) in [5.74, 6) is -2.20. The molecule has 1 aromatic carbocycles. The van der Waals surface area contributed by atoms with Crippen LogP contribution in [0.4, 0.5) is 5.69 Å². The molecule has 192 valence electrons. The fourth-order valence-electron chi connectivity index (χ4n) is 4.57. The number of aldehydes is 1. The molecule has 2 fully saturated rings. The summed E-state index contributed by atoms with van der Waals surface area (Å²) in [6.45, 7) is 12.4. The van der Waals surface area contributed by atoms with Crippen molar-refractivity contribution in [3.8, 4) is 0 Å². The third-order valence-corrected chi connectivity index (χ3v) is 15.5. The van der Waals surface area contributed by atoms with Crippen molar-refractivity contribution < 1.29 is 28.8 Å². The van der Waals surface area contributed by atoms with Gasteiger partial charge in [-0.15, -0.1) is 23.5 Å². The second-order valence-corrected chi connectivity index (χ2v) is 18.0. The third kappa shape index (κ3) is 4.21. The highest BCUT2D eigenvalue weighted by molar-refractivity contribution is 8.19. The smallest absolute Gasteiger partial charge is 0.332 e. The fourth-order valence-corrected chi connectivity index (χ4v) is 9.11. The van der Waals surface area contributed by atoms with Crippen LogP contribution >= 0.6 is 23.5 Å². The molecule has 1 aromatic rings. The van der Waals surface area contributed by atoms with Gasteiger partial charge in [0.2, 0.25) is 5.91 Å². The highest BCUT2D eigenvalue weighted by Gasteiger charge is 2.76. The molecule has 0 saturated carbocycles. The van der Waals surface area contributed by atoms with Crippen LogP contribution in [0.3, 0.4) is 0 Å². The van der Waals surface area contributed by atoms with E-state index in [4.69, 9.17) is 4.43 Å². The summed E-state index contributed by atoms with van der Waals surface area (Å²) in [6, 6.07) is 5.53. The zero-order valence-corrected chi connectivity index (χ0v) is 23.6. The van der Waals surface area contributed by atoms with Crippen LogP contribution in [0.25, 0.3) is 0 Å². The van der Waals surface area contributed by atoms with Crippen molar-refractivity contribution in [3.63, 3.8) is 0 Å². The number of non-ortho nitro benzene ring substituents is 1. The summed E-state index contributed by atoms with van der Waals surface area (Å²) >= 11 is 2.29. The zero-order valence-electron chi connectivity index (χ0n) is 20.9. The molecule has 3 rings (SSSR count). The largest absolute Gasteiger partial charge is 0.479 e. The number of nitro benzene ring substituents is 1. The maximum atomic E-state index is 13.6. The number of nitrogens with zero attached hydrogens (tertiary/aromatic N) is 2. The maximum Gasteiger partial charge on any atom is 0.332 e. The molecule has 2 saturated heterocycles. The molecule has 2 unspecified atom stereocenters. The summed E-state index contributed by atoms with van der Waals surface area (Å²) in [6.07, 6.45) is 1.70. The Labute approximate surface area is 214 Å². The Kier molecular flexibility index (Phi) is 7.28. The summed E-state index contributed by atoms with van der Waals surface area (Å²) in [5, 5.41) is 20.9. The molecule has 35 heavy (non-hydrogen) atoms. The lowest BCUT2D eigenvalue weighted by molar-refractivity contribution is -0.384. The molecule has 1 amide bonds. The third-order valence-electron chi connectivity index (χ3n) is 7.58. The molecule has 12 heteroatoms. The number of benzene rings is 1. The van der Waals surface area contributed by atoms with Gasteiger partial charge in [0.05, 0.1) is 22.3 Å². The fraction of sp³-hybridized carbons (Fsp3) is 0.609. The van der Waals surface area contributed by atoms with Gasteiger partial charge in [-0.25, -0.2) is 4.79 Å². The summed E-state index contributed by atoms with van der Waals surface area (Å²) in [4.78, 5) is 50.8. The number of carbonyl (C=O) groups is 3. The van der Waals surface area contributed by atoms with Crippen molar-refractivity contribution in [1.82, 2.24) is 4.90 Å². The van der Waals surface area contributed by atoms with Crippen LogP contribution in [0.15, 0.2) is 24.3 Å². The molecular weight excluding hydrogens is 508 g/mol. The van der Waals surface area contributed by atoms with Gasteiger partial charge in [0.25, 0.3) is 5.69 Å². The number of β-lactam (4-membered cyclic amide) rings is 1. The van der Waals surface area contributed by atoms with E-state index in [2.05, 4.69) is 33.9 Å². The number of aliphatic carboxylic acids is 1. The Morgan fingerprint density at radius 3 is 2.37 bits per heavy atom. The number of rotatable bonds is 9. The van der Waals surface area contributed by atoms with E-state index in [1.54, 1.807) is 6.26 Å². The summed E-state index contributed by atoms with van der Waals surface area (Å²) in [5.41, 5.74) is -1.48. The van der Waals surface area contributed by atoms with Crippen LogP contribution in [-0.4, -0.2) is 68.8 Å². The summed E-state index contributed by atoms with van der Waals surface area (Å²) in [7, 11) is -2.20. The minimum atomic E-state index is -2.20. The minimum Gasteiger partial charge on any atom is -0.479 e. The quantitative estimate of drug-likeness (QED) is 0.161. The lowest BCUT2D eigenvalue weighted by Crippen LogP contribution is -2.73. The number of amides is 1. The van der Waals surface area contributed by atoms with E-state index >= 15 is 0 Å². The van der Waals surface area contributed by atoms with Gasteiger partial charge in [-0.2, -0.15) is 0 Å². The Balaban J connectivity index is 2.01. The van der Waals surface area contributed by atoms with Crippen molar-refractivity contribution in [2.75, 3.05) is 6.26 Å². The highest BCUT2D eigenvalue weighted by Crippen LogP contribution is 2.63. The van der Waals surface area contributed by atoms with E-state index in [1.165, 1.54) is 40.9 Å². The Morgan fingerprint density at radius 1 is 1.37 bits per heavy atom. The molecule has 0 aromatic heterocycles. The molecule has 2 heterocycles. The predicted molar refractivity (Wildman–Crippen MR) is 139 cm³/mol. The molecule has 1 N–H and O–H groups in total. The van der Waals surface area contributed by atoms with E-state index in [0.717, 1.165) is 11.8 Å². The SMILES string of the molecule is CSC1(C=O)S[C@@H]2[C@@H]([C@@H](C)O[Si](C)(C)C(C)(C)C)C(=O)N2C1(Cc1ccc([N+](=O)[O-])cc1)C(=O)O. The minimum absolute atomic E-state index is 0.0663. The molecule has 0 radical (unpaired) electrons. The van der Waals surface area contributed by atoms with E-state index in [9.17, 15) is 29.6 Å². The molecule has 0 bridgehead atoms. The van der Waals surface area contributed by atoms with Gasteiger partial charge in [-0.1, -0.05) is 32.9 Å². The first-order chi connectivity index (χ1) is 16.1. The molecule has 2 aliphatic rings. The average Bonchev–Trinajstić information content (AvgIpc) is 3.00. The Bertz CT molecular complexity index is 1050. The van der Waals surface area contributed by atoms with Gasteiger partial charge >= 0.3 is 5.97 Å². The number of carboxylic acid groups (broad SMARTS) is 1. The topological polar surface area (TPSA) is 127 Å². The number of carboxylic acids is 1. The van der Waals surface area contributed by atoms with Crippen LogP contribution in [0, 0.1) is 16.0 Å². The van der Waals surface area contributed by atoms with Gasteiger partial charge in [-0.3, -0.25) is 14.9 Å². The van der Waals surface area contributed by atoms with Gasteiger partial charge in [0, 0.05) is 18.6 Å². The van der Waals surface area contributed by atoms with Crippen molar-refractivity contribution in [1.29, 1.82) is 0 Å². The second kappa shape index (κ2) is 9.20. The lowest BCUT2D eigenvalue weighted by Gasteiger charge is -2.52.